The molecule has 68 valence electrons. The Morgan fingerprint density at radius 1 is 1.21 bits per heavy atom. The van der Waals surface area contributed by atoms with Crippen molar-refractivity contribution >= 4 is 11.6 Å². The quantitative estimate of drug-likeness (QED) is 0.758. The van der Waals surface area contributed by atoms with Crippen LogP contribution in [-0.2, 0) is 0 Å². The third kappa shape index (κ3) is 1.39. The van der Waals surface area contributed by atoms with Crippen LogP contribution in [0.25, 0.3) is 11.1 Å². The van der Waals surface area contributed by atoms with Gasteiger partial charge in [-0.2, -0.15) is 5.26 Å². The van der Waals surface area contributed by atoms with Gasteiger partial charge in [-0.25, -0.2) is 0 Å². The molecular weight excluding hydrogens is 196 g/mol. The largest absolute Gasteiger partial charge is 0.351 e. The summed E-state index contributed by atoms with van der Waals surface area (Å²) in [6, 6.07) is 11.8. The number of H-pyrrole nitrogens is 1. The van der Waals surface area contributed by atoms with Crippen molar-refractivity contribution in [1.29, 1.82) is 5.26 Å². The Kier molecular flexibility index (Phi) is 2.26. The molecule has 0 aliphatic rings. The molecule has 0 saturated carbocycles. The molecule has 1 heterocycles. The summed E-state index contributed by atoms with van der Waals surface area (Å²) in [6.07, 6.45) is 1.75. The highest BCUT2D eigenvalue weighted by molar-refractivity contribution is 6.31. The van der Waals surface area contributed by atoms with Gasteiger partial charge in [0, 0.05) is 11.8 Å². The number of nitrogens with zero attached hydrogens (tertiary/aromatic N) is 1. The predicted octanol–water partition coefficient (Wildman–Crippen LogP) is 3.21. The number of benzene rings is 1. The molecule has 0 radical (unpaired) electrons. The number of aromatic nitrogens is 1. The molecule has 0 fully saturated rings. The van der Waals surface area contributed by atoms with Crippen molar-refractivity contribution in [3.8, 4) is 17.2 Å². The van der Waals surface area contributed by atoms with Crippen molar-refractivity contribution in [2.45, 2.75) is 0 Å². The van der Waals surface area contributed by atoms with Gasteiger partial charge in [0.1, 0.15) is 11.2 Å². The molecule has 0 atom stereocenters. The third-order valence-corrected chi connectivity index (χ3v) is 2.33. The summed E-state index contributed by atoms with van der Waals surface area (Å²) in [4.78, 5) is 2.83. The molecule has 2 rings (SSSR count). The molecule has 1 aromatic heterocycles. The molecule has 0 spiro atoms. The van der Waals surface area contributed by atoms with Crippen molar-refractivity contribution in [3.05, 3.63) is 47.2 Å². The Hall–Kier alpha value is -1.72. The van der Waals surface area contributed by atoms with Gasteiger partial charge in [0.2, 0.25) is 0 Å². The molecule has 2 aromatic rings. The summed E-state index contributed by atoms with van der Waals surface area (Å²) in [5, 5.41) is 9.29. The van der Waals surface area contributed by atoms with E-state index in [9.17, 15) is 0 Å². The summed E-state index contributed by atoms with van der Waals surface area (Å²) >= 11 is 5.82. The maximum absolute atomic E-state index is 8.90. The van der Waals surface area contributed by atoms with Gasteiger partial charge in [0.15, 0.2) is 0 Å². The van der Waals surface area contributed by atoms with E-state index >= 15 is 0 Å². The third-order valence-electron chi connectivity index (χ3n) is 2.03. The lowest BCUT2D eigenvalue weighted by molar-refractivity contribution is 1.40. The van der Waals surface area contributed by atoms with E-state index in [-0.39, 0.29) is 0 Å². The number of nitriles is 1. The monoisotopic (exact) mass is 202 g/mol. The fourth-order valence-corrected chi connectivity index (χ4v) is 1.55. The van der Waals surface area contributed by atoms with E-state index in [0.717, 1.165) is 11.1 Å². The lowest BCUT2D eigenvalue weighted by atomic mass is 10.1. The molecule has 0 aliphatic heterocycles. The second-order valence-electron chi connectivity index (χ2n) is 2.87. The van der Waals surface area contributed by atoms with Crippen LogP contribution >= 0.6 is 11.6 Å². The van der Waals surface area contributed by atoms with Crippen LogP contribution in [0.4, 0.5) is 0 Å². The lowest BCUT2D eigenvalue weighted by Crippen LogP contribution is -1.77. The van der Waals surface area contributed by atoms with E-state index < -0.39 is 0 Å². The van der Waals surface area contributed by atoms with Crippen molar-refractivity contribution < 1.29 is 0 Å². The minimum Gasteiger partial charge on any atom is -0.351 e. The average molecular weight is 203 g/mol. The van der Waals surface area contributed by atoms with Crippen LogP contribution in [0, 0.1) is 11.3 Å². The molecule has 0 aliphatic carbocycles. The van der Waals surface area contributed by atoms with Gasteiger partial charge < -0.3 is 4.98 Å². The van der Waals surface area contributed by atoms with Crippen molar-refractivity contribution in [2.75, 3.05) is 0 Å². The summed E-state index contributed by atoms with van der Waals surface area (Å²) in [5.41, 5.74) is 2.34. The summed E-state index contributed by atoms with van der Waals surface area (Å²) in [5.74, 6) is 0. The van der Waals surface area contributed by atoms with Gasteiger partial charge in [-0.05, 0) is 5.56 Å². The number of nitrogens with one attached hydrogen (secondary N) is 1. The molecule has 1 N–H and O–H groups in total. The Bertz CT molecular complexity index is 480. The average Bonchev–Trinajstić information content (AvgIpc) is 2.61. The first kappa shape index (κ1) is 8.86. The van der Waals surface area contributed by atoms with Gasteiger partial charge in [0.25, 0.3) is 0 Å². The Labute approximate surface area is 86.8 Å². The van der Waals surface area contributed by atoms with Crippen molar-refractivity contribution in [3.63, 3.8) is 0 Å². The summed E-state index contributed by atoms with van der Waals surface area (Å²) < 4.78 is 0. The zero-order valence-corrected chi connectivity index (χ0v) is 8.05. The molecule has 1 aromatic carbocycles. The van der Waals surface area contributed by atoms with Crippen LogP contribution in [0.2, 0.25) is 5.15 Å². The zero-order chi connectivity index (χ0) is 9.97. The van der Waals surface area contributed by atoms with Crippen LogP contribution in [0.15, 0.2) is 36.5 Å². The molecule has 0 unspecified atom stereocenters. The molecule has 2 nitrogen and oxygen atoms in total. The highest BCUT2D eigenvalue weighted by atomic mass is 35.5. The Morgan fingerprint density at radius 2 is 1.93 bits per heavy atom. The predicted molar refractivity (Wildman–Crippen MR) is 56.0 cm³/mol. The van der Waals surface area contributed by atoms with Crippen molar-refractivity contribution in [1.82, 2.24) is 4.98 Å². The van der Waals surface area contributed by atoms with Crippen LogP contribution in [0.1, 0.15) is 5.56 Å². The van der Waals surface area contributed by atoms with Crippen LogP contribution < -0.4 is 0 Å². The van der Waals surface area contributed by atoms with Crippen molar-refractivity contribution in [2.24, 2.45) is 0 Å². The summed E-state index contributed by atoms with van der Waals surface area (Å²) in [7, 11) is 0. The SMILES string of the molecule is N#Cc1c(-c2ccccc2)c[nH]c1Cl. The number of hydrogen-bond donors (Lipinski definition) is 1. The van der Waals surface area contributed by atoms with E-state index in [1.165, 1.54) is 0 Å². The Morgan fingerprint density at radius 3 is 2.57 bits per heavy atom. The second kappa shape index (κ2) is 3.57. The van der Waals surface area contributed by atoms with Crippen LogP contribution in [0.3, 0.4) is 0 Å². The van der Waals surface area contributed by atoms with E-state index in [4.69, 9.17) is 16.9 Å². The first-order chi connectivity index (χ1) is 6.83. The fraction of sp³-hybridized carbons (Fsp3) is 0. The van der Waals surface area contributed by atoms with E-state index in [1.807, 2.05) is 30.3 Å². The number of hydrogen-bond acceptors (Lipinski definition) is 1. The smallest absolute Gasteiger partial charge is 0.124 e. The van der Waals surface area contributed by atoms with Gasteiger partial charge in [-0.1, -0.05) is 41.9 Å². The fourth-order valence-electron chi connectivity index (χ4n) is 1.35. The van der Waals surface area contributed by atoms with Crippen LogP contribution in [-0.4, -0.2) is 4.98 Å². The zero-order valence-electron chi connectivity index (χ0n) is 7.29. The molecule has 14 heavy (non-hydrogen) atoms. The number of rotatable bonds is 1. The van der Waals surface area contributed by atoms with Gasteiger partial charge in [-0.3, -0.25) is 0 Å². The molecule has 3 heteroatoms. The first-order valence-electron chi connectivity index (χ1n) is 4.15. The van der Waals surface area contributed by atoms with Crippen LogP contribution in [0.5, 0.6) is 0 Å². The lowest BCUT2D eigenvalue weighted by Gasteiger charge is -1.96. The minimum atomic E-state index is 0.395. The van der Waals surface area contributed by atoms with E-state index in [2.05, 4.69) is 11.1 Å². The molecule has 0 amide bonds. The maximum atomic E-state index is 8.90. The highest BCUT2D eigenvalue weighted by Crippen LogP contribution is 2.27. The van der Waals surface area contributed by atoms with Gasteiger partial charge >= 0.3 is 0 Å². The summed E-state index contributed by atoms with van der Waals surface area (Å²) in [6.45, 7) is 0. The van der Waals surface area contributed by atoms with E-state index in [0.29, 0.717) is 10.7 Å². The normalized spacial score (nSPS) is 9.71. The molecular formula is C11H7ClN2. The second-order valence-corrected chi connectivity index (χ2v) is 3.25. The number of halogens is 1. The highest BCUT2D eigenvalue weighted by Gasteiger charge is 2.09. The standard InChI is InChI=1S/C11H7ClN2/c12-11-9(6-13)10(7-14-11)8-4-2-1-3-5-8/h1-5,7,14H. The Balaban J connectivity index is 2.59. The van der Waals surface area contributed by atoms with Gasteiger partial charge in [-0.15, -0.1) is 0 Å². The molecule has 0 saturated heterocycles. The maximum Gasteiger partial charge on any atom is 0.124 e. The topological polar surface area (TPSA) is 39.6 Å². The minimum absolute atomic E-state index is 0.395. The first-order valence-corrected chi connectivity index (χ1v) is 4.53. The molecule has 0 bridgehead atoms. The number of aromatic amines is 1. The van der Waals surface area contributed by atoms with Gasteiger partial charge in [0.05, 0.1) is 5.56 Å². The van der Waals surface area contributed by atoms with E-state index in [1.54, 1.807) is 6.20 Å².